The van der Waals surface area contributed by atoms with Crippen molar-refractivity contribution in [3.8, 4) is 28.5 Å². The molecule has 1 fully saturated rings. The van der Waals surface area contributed by atoms with Crippen LogP contribution in [0.15, 0.2) is 43.0 Å². The van der Waals surface area contributed by atoms with Crippen LogP contribution in [0.3, 0.4) is 0 Å². The summed E-state index contributed by atoms with van der Waals surface area (Å²) in [7, 11) is -2.53. The Balaban J connectivity index is 1.36. The van der Waals surface area contributed by atoms with Crippen molar-refractivity contribution in [2.75, 3.05) is 11.4 Å². The number of methoxy groups -OCH3 is 1. The first-order valence-electron chi connectivity index (χ1n) is 13.2. The van der Waals surface area contributed by atoms with E-state index >= 15 is 4.39 Å². The normalized spacial score (nSPS) is 16.2. The van der Waals surface area contributed by atoms with E-state index in [-0.39, 0.29) is 47.2 Å². The summed E-state index contributed by atoms with van der Waals surface area (Å²) in [5.74, 6) is -0.846. The van der Waals surface area contributed by atoms with Gasteiger partial charge in [-0.25, -0.2) is 27.8 Å². The lowest BCUT2D eigenvalue weighted by atomic mass is 10.0. The van der Waals surface area contributed by atoms with Crippen molar-refractivity contribution in [1.29, 1.82) is 0 Å². The highest BCUT2D eigenvalue weighted by Crippen LogP contribution is 2.48. The number of fused-ring (bicyclic) bond motifs is 1. The number of hydrogen-bond acceptors (Lipinski definition) is 7. The number of sulfonamides is 1. The summed E-state index contributed by atoms with van der Waals surface area (Å²) in [4.78, 5) is 16.5. The molecule has 0 unspecified atom stereocenters. The maximum atomic E-state index is 16.3. The summed E-state index contributed by atoms with van der Waals surface area (Å²) in [5, 5.41) is 0. The minimum absolute atomic E-state index is 0.0912. The molecule has 42 heavy (non-hydrogen) atoms. The van der Waals surface area contributed by atoms with Gasteiger partial charge in [0.25, 0.3) is 0 Å². The number of aromatic nitrogens is 5. The number of ether oxygens (including phenoxy) is 1. The van der Waals surface area contributed by atoms with E-state index in [4.69, 9.17) is 4.74 Å². The Morgan fingerprint density at radius 3 is 2.43 bits per heavy atom. The quantitative estimate of drug-likeness (QED) is 0.244. The third-order valence-electron chi connectivity index (χ3n) is 7.35. The molecule has 1 saturated carbocycles. The molecule has 0 spiro atoms. The van der Waals surface area contributed by atoms with E-state index in [1.54, 1.807) is 38.1 Å². The maximum absolute atomic E-state index is 16.3. The molecular formula is C28H26F4N6O3S. The number of benzene rings is 1. The number of pyridine rings is 1. The van der Waals surface area contributed by atoms with E-state index in [2.05, 4.69) is 19.9 Å². The molecule has 0 amide bonds. The molecule has 4 heterocycles. The van der Waals surface area contributed by atoms with Gasteiger partial charge in [0.2, 0.25) is 15.9 Å². The van der Waals surface area contributed by atoms with Crippen molar-refractivity contribution in [1.82, 2.24) is 24.5 Å². The Morgan fingerprint density at radius 2 is 1.81 bits per heavy atom. The lowest BCUT2D eigenvalue weighted by molar-refractivity contribution is -0.140. The minimum atomic E-state index is -4.60. The number of rotatable bonds is 7. The van der Waals surface area contributed by atoms with Gasteiger partial charge in [-0.05, 0) is 32.3 Å². The fourth-order valence-electron chi connectivity index (χ4n) is 5.14. The number of halogens is 4. The van der Waals surface area contributed by atoms with Crippen molar-refractivity contribution in [2.45, 2.75) is 57.1 Å². The average molecular weight is 603 g/mol. The summed E-state index contributed by atoms with van der Waals surface area (Å²) < 4.78 is 90.5. The number of nitrogens with zero attached hydrogens (tertiary/aromatic N) is 6. The monoisotopic (exact) mass is 602 g/mol. The van der Waals surface area contributed by atoms with Crippen LogP contribution in [0.5, 0.6) is 5.88 Å². The number of imidazole rings is 1. The van der Waals surface area contributed by atoms with Crippen LogP contribution in [-0.4, -0.2) is 40.0 Å². The van der Waals surface area contributed by atoms with Gasteiger partial charge in [0.05, 0.1) is 36.4 Å². The van der Waals surface area contributed by atoms with Gasteiger partial charge < -0.3 is 9.30 Å². The van der Waals surface area contributed by atoms with Crippen molar-refractivity contribution in [3.05, 3.63) is 71.3 Å². The van der Waals surface area contributed by atoms with Crippen LogP contribution in [0.4, 0.5) is 23.2 Å². The number of hydrogen-bond donors (Lipinski definition) is 0. The first-order valence-corrected chi connectivity index (χ1v) is 14.8. The van der Waals surface area contributed by atoms with Gasteiger partial charge in [0.1, 0.15) is 17.8 Å². The second-order valence-corrected chi connectivity index (χ2v) is 12.5. The minimum Gasteiger partial charge on any atom is -0.480 e. The molecule has 4 aromatic rings. The fourth-order valence-corrected chi connectivity index (χ4v) is 6.72. The van der Waals surface area contributed by atoms with E-state index in [9.17, 15) is 21.6 Å². The van der Waals surface area contributed by atoms with Gasteiger partial charge in [-0.1, -0.05) is 24.3 Å². The highest BCUT2D eigenvalue weighted by molar-refractivity contribution is 7.92. The van der Waals surface area contributed by atoms with Crippen LogP contribution in [0.1, 0.15) is 61.2 Å². The van der Waals surface area contributed by atoms with Crippen LogP contribution in [-0.2, 0) is 28.5 Å². The molecule has 1 aromatic carbocycles. The highest BCUT2D eigenvalue weighted by atomic mass is 32.2. The zero-order valence-electron chi connectivity index (χ0n) is 22.9. The second kappa shape index (κ2) is 10.0. The van der Waals surface area contributed by atoms with Gasteiger partial charge in [0, 0.05) is 35.5 Å². The molecule has 3 aromatic heterocycles. The van der Waals surface area contributed by atoms with Gasteiger partial charge in [0.15, 0.2) is 11.5 Å². The number of alkyl halides is 3. The van der Waals surface area contributed by atoms with E-state index in [1.165, 1.54) is 24.2 Å². The largest absolute Gasteiger partial charge is 0.480 e. The molecule has 1 aliphatic carbocycles. The average Bonchev–Trinajstić information content (AvgIpc) is 3.61. The topological polar surface area (TPSA) is 103 Å². The standard InChI is InChI=1S/C28H26F4N6O3S/c1-15(2)37-12-20(28(30,31)32)36-26(37)18-6-4-16(5-7-18)11-38-25-19(13-42(38,39)40)10-33-24(22(25)29)21-23(17-8-9-17)34-14-35-27(21)41-3/h4-7,10,12,14-15,17H,8-9,11,13H2,1-3H3. The second-order valence-electron chi connectivity index (χ2n) is 10.6. The van der Waals surface area contributed by atoms with Gasteiger partial charge in [-0.3, -0.25) is 9.29 Å². The van der Waals surface area contributed by atoms with Gasteiger partial charge in [-0.15, -0.1) is 0 Å². The molecular weight excluding hydrogens is 576 g/mol. The van der Waals surface area contributed by atoms with Crippen LogP contribution in [0.2, 0.25) is 0 Å². The fraction of sp³-hybridized carbons (Fsp3) is 0.357. The molecule has 14 heteroatoms. The van der Waals surface area contributed by atoms with Crippen molar-refractivity contribution < 1.29 is 30.7 Å². The third kappa shape index (κ3) is 4.86. The Labute approximate surface area is 239 Å². The molecule has 0 saturated heterocycles. The summed E-state index contributed by atoms with van der Waals surface area (Å²) in [5.41, 5.74) is 0.851. The van der Waals surface area contributed by atoms with Gasteiger partial charge >= 0.3 is 6.18 Å². The van der Waals surface area contributed by atoms with Crippen LogP contribution >= 0.6 is 0 Å². The lowest BCUT2D eigenvalue weighted by Crippen LogP contribution is -2.27. The lowest BCUT2D eigenvalue weighted by Gasteiger charge is -2.20. The smallest absolute Gasteiger partial charge is 0.434 e. The van der Waals surface area contributed by atoms with E-state index in [0.29, 0.717) is 22.4 Å². The Morgan fingerprint density at radius 1 is 1.10 bits per heavy atom. The summed E-state index contributed by atoms with van der Waals surface area (Å²) in [6, 6.07) is 6.05. The SMILES string of the molecule is COc1ncnc(C2CC2)c1-c1ncc2c(c1F)N(Cc1ccc(-c3nc(C(F)(F)F)cn3C(C)C)cc1)S(=O)(=O)C2. The Hall–Kier alpha value is -4.07. The summed E-state index contributed by atoms with van der Waals surface area (Å²) in [6.45, 7) is 3.30. The first kappa shape index (κ1) is 28.1. The van der Waals surface area contributed by atoms with Crippen LogP contribution in [0.25, 0.3) is 22.6 Å². The molecule has 0 atom stereocenters. The van der Waals surface area contributed by atoms with Crippen molar-refractivity contribution in [2.24, 2.45) is 0 Å². The summed E-state index contributed by atoms with van der Waals surface area (Å²) in [6.07, 6.45) is 0.827. The molecule has 220 valence electrons. The first-order chi connectivity index (χ1) is 19.9. The zero-order chi connectivity index (χ0) is 30.0. The molecule has 0 N–H and O–H groups in total. The molecule has 2 aliphatic rings. The molecule has 0 bridgehead atoms. The third-order valence-corrected chi connectivity index (χ3v) is 9.00. The van der Waals surface area contributed by atoms with E-state index in [1.807, 2.05) is 0 Å². The maximum Gasteiger partial charge on any atom is 0.434 e. The molecule has 9 nitrogen and oxygen atoms in total. The van der Waals surface area contributed by atoms with Crippen molar-refractivity contribution >= 4 is 15.7 Å². The molecule has 6 rings (SSSR count). The molecule has 0 radical (unpaired) electrons. The Bertz CT molecular complexity index is 1780. The molecule has 1 aliphatic heterocycles. The highest BCUT2D eigenvalue weighted by Gasteiger charge is 2.40. The van der Waals surface area contributed by atoms with Crippen LogP contribution in [0, 0.1) is 5.82 Å². The predicted octanol–water partition coefficient (Wildman–Crippen LogP) is 5.88. The zero-order valence-corrected chi connectivity index (χ0v) is 23.7. The number of anilines is 1. The van der Waals surface area contributed by atoms with E-state index in [0.717, 1.165) is 23.3 Å². The summed E-state index contributed by atoms with van der Waals surface area (Å²) >= 11 is 0. The van der Waals surface area contributed by atoms with E-state index < -0.39 is 33.5 Å². The Kier molecular flexibility index (Phi) is 6.71. The predicted molar refractivity (Wildman–Crippen MR) is 146 cm³/mol. The van der Waals surface area contributed by atoms with Crippen molar-refractivity contribution in [3.63, 3.8) is 0 Å². The van der Waals surface area contributed by atoms with Gasteiger partial charge in [-0.2, -0.15) is 13.2 Å². The van der Waals surface area contributed by atoms with Crippen LogP contribution < -0.4 is 9.04 Å².